The minimum atomic E-state index is 0.551. The second-order valence-corrected chi connectivity index (χ2v) is 5.51. The lowest BCUT2D eigenvalue weighted by Crippen LogP contribution is -1.92. The predicted octanol–water partition coefficient (Wildman–Crippen LogP) is 4.77. The Hall–Kier alpha value is -2.46. The second-order valence-electron chi connectivity index (χ2n) is 5.11. The van der Waals surface area contributed by atoms with E-state index in [0.29, 0.717) is 10.8 Å². The molecule has 0 bridgehead atoms. The number of aromatic nitrogens is 1. The molecule has 1 heterocycles. The van der Waals surface area contributed by atoms with Crippen LogP contribution in [0.1, 0.15) is 12.5 Å². The molecule has 23 heavy (non-hydrogen) atoms. The molecule has 0 aliphatic heterocycles. The lowest BCUT2D eigenvalue weighted by atomic mass is 10.2. The quantitative estimate of drug-likeness (QED) is 0.541. The van der Waals surface area contributed by atoms with Crippen molar-refractivity contribution in [3.8, 4) is 5.75 Å². The van der Waals surface area contributed by atoms with Crippen LogP contribution in [-0.2, 0) is 6.54 Å². The molecular formula is C18H18ClN3O. The van der Waals surface area contributed by atoms with Crippen LogP contribution in [0.5, 0.6) is 5.75 Å². The normalized spacial score (nSPS) is 11.3. The summed E-state index contributed by atoms with van der Waals surface area (Å²) in [6.07, 6.45) is 3.93. The Morgan fingerprint density at radius 2 is 2.09 bits per heavy atom. The molecule has 0 amide bonds. The van der Waals surface area contributed by atoms with Crippen molar-refractivity contribution in [1.82, 2.24) is 4.57 Å². The van der Waals surface area contributed by atoms with Gasteiger partial charge in [-0.05, 0) is 31.2 Å². The first kappa shape index (κ1) is 15.4. The minimum absolute atomic E-state index is 0.551. The van der Waals surface area contributed by atoms with Gasteiger partial charge in [-0.25, -0.2) is 0 Å². The monoisotopic (exact) mass is 327 g/mol. The molecule has 1 aromatic heterocycles. The van der Waals surface area contributed by atoms with Gasteiger partial charge in [0.05, 0.1) is 24.0 Å². The van der Waals surface area contributed by atoms with E-state index < -0.39 is 0 Å². The molecule has 0 radical (unpaired) electrons. The van der Waals surface area contributed by atoms with Crippen LogP contribution < -0.4 is 10.2 Å². The molecule has 0 aliphatic carbocycles. The largest absolute Gasteiger partial charge is 0.495 e. The zero-order chi connectivity index (χ0) is 16.2. The standard InChI is InChI=1S/C18H18ClN3O/c1-3-22-12-13(15-6-4-5-7-17(15)22)11-20-21-14-8-9-18(23-2)16(19)10-14/h4-12,21H,3H2,1-2H3/b20-11+. The summed E-state index contributed by atoms with van der Waals surface area (Å²) in [5.41, 5.74) is 6.10. The number of nitrogens with zero attached hydrogens (tertiary/aromatic N) is 2. The summed E-state index contributed by atoms with van der Waals surface area (Å²) in [5.74, 6) is 0.646. The van der Waals surface area contributed by atoms with E-state index in [-0.39, 0.29) is 0 Å². The van der Waals surface area contributed by atoms with Crippen LogP contribution in [0, 0.1) is 0 Å². The molecule has 118 valence electrons. The topological polar surface area (TPSA) is 38.5 Å². The Morgan fingerprint density at radius 1 is 1.26 bits per heavy atom. The molecule has 3 rings (SSSR count). The summed E-state index contributed by atoms with van der Waals surface area (Å²) in [6, 6.07) is 13.8. The number of para-hydroxylation sites is 1. The smallest absolute Gasteiger partial charge is 0.137 e. The van der Waals surface area contributed by atoms with Crippen molar-refractivity contribution in [2.75, 3.05) is 12.5 Å². The molecule has 0 fully saturated rings. The van der Waals surface area contributed by atoms with Gasteiger partial charge in [0.2, 0.25) is 0 Å². The molecule has 5 heteroatoms. The van der Waals surface area contributed by atoms with E-state index in [1.807, 2.05) is 30.5 Å². The van der Waals surface area contributed by atoms with Crippen molar-refractivity contribution in [2.24, 2.45) is 5.10 Å². The fourth-order valence-corrected chi connectivity index (χ4v) is 2.81. The van der Waals surface area contributed by atoms with Crippen molar-refractivity contribution in [2.45, 2.75) is 13.5 Å². The van der Waals surface area contributed by atoms with E-state index in [9.17, 15) is 0 Å². The summed E-state index contributed by atoms with van der Waals surface area (Å²) in [7, 11) is 1.59. The molecule has 0 saturated heterocycles. The Bertz CT molecular complexity index is 855. The minimum Gasteiger partial charge on any atom is -0.495 e. The number of aryl methyl sites for hydroxylation is 1. The van der Waals surface area contributed by atoms with Crippen LogP contribution in [0.15, 0.2) is 53.8 Å². The van der Waals surface area contributed by atoms with Gasteiger partial charge >= 0.3 is 0 Å². The maximum atomic E-state index is 6.11. The number of fused-ring (bicyclic) bond motifs is 1. The number of methoxy groups -OCH3 is 1. The third kappa shape index (κ3) is 3.17. The van der Waals surface area contributed by atoms with Gasteiger partial charge in [-0.3, -0.25) is 5.43 Å². The van der Waals surface area contributed by atoms with Gasteiger partial charge in [-0.2, -0.15) is 5.10 Å². The summed E-state index contributed by atoms with van der Waals surface area (Å²) in [5, 5.41) is 6.06. The zero-order valence-electron chi connectivity index (χ0n) is 13.1. The van der Waals surface area contributed by atoms with E-state index in [1.54, 1.807) is 13.2 Å². The average molecular weight is 328 g/mol. The van der Waals surface area contributed by atoms with Crippen LogP contribution in [0.4, 0.5) is 5.69 Å². The van der Waals surface area contributed by atoms with E-state index in [2.05, 4.69) is 40.3 Å². The Labute approximate surface area is 140 Å². The Morgan fingerprint density at radius 3 is 2.83 bits per heavy atom. The van der Waals surface area contributed by atoms with Gasteiger partial charge in [-0.1, -0.05) is 29.8 Å². The van der Waals surface area contributed by atoms with Crippen molar-refractivity contribution >= 4 is 34.4 Å². The predicted molar refractivity (Wildman–Crippen MR) is 96.8 cm³/mol. The molecule has 0 aliphatic rings. The Balaban J connectivity index is 1.82. The fraction of sp³-hybridized carbons (Fsp3) is 0.167. The number of hydrogen-bond acceptors (Lipinski definition) is 3. The fourth-order valence-electron chi connectivity index (χ4n) is 2.55. The van der Waals surface area contributed by atoms with Gasteiger partial charge in [0.1, 0.15) is 5.75 Å². The van der Waals surface area contributed by atoms with Crippen molar-refractivity contribution in [3.05, 3.63) is 59.2 Å². The number of ether oxygens (including phenoxy) is 1. The van der Waals surface area contributed by atoms with Crippen molar-refractivity contribution in [1.29, 1.82) is 0 Å². The molecule has 3 aromatic rings. The van der Waals surface area contributed by atoms with Gasteiger partial charge < -0.3 is 9.30 Å². The van der Waals surface area contributed by atoms with Crippen LogP contribution >= 0.6 is 11.6 Å². The number of hydrazone groups is 1. The molecule has 0 saturated carbocycles. The number of rotatable bonds is 5. The van der Waals surface area contributed by atoms with E-state index in [4.69, 9.17) is 16.3 Å². The first-order valence-electron chi connectivity index (χ1n) is 7.43. The SMILES string of the molecule is CCn1cc(/C=N/Nc2ccc(OC)c(Cl)c2)c2ccccc21. The molecule has 0 atom stereocenters. The van der Waals surface area contributed by atoms with Crippen molar-refractivity contribution in [3.63, 3.8) is 0 Å². The van der Waals surface area contributed by atoms with Gasteiger partial charge in [0.15, 0.2) is 0 Å². The maximum Gasteiger partial charge on any atom is 0.137 e. The lowest BCUT2D eigenvalue weighted by Gasteiger charge is -2.05. The molecule has 1 N–H and O–H groups in total. The van der Waals surface area contributed by atoms with E-state index in [0.717, 1.165) is 17.8 Å². The maximum absolute atomic E-state index is 6.11. The third-order valence-electron chi connectivity index (χ3n) is 3.71. The van der Waals surface area contributed by atoms with Crippen LogP contribution in [0.25, 0.3) is 10.9 Å². The highest BCUT2D eigenvalue weighted by Gasteiger charge is 2.05. The highest BCUT2D eigenvalue weighted by Crippen LogP contribution is 2.27. The zero-order valence-corrected chi connectivity index (χ0v) is 13.8. The van der Waals surface area contributed by atoms with Crippen molar-refractivity contribution < 1.29 is 4.74 Å². The molecule has 0 unspecified atom stereocenters. The van der Waals surface area contributed by atoms with Crippen LogP contribution in [-0.4, -0.2) is 17.9 Å². The van der Waals surface area contributed by atoms with Gasteiger partial charge in [-0.15, -0.1) is 0 Å². The molecule has 4 nitrogen and oxygen atoms in total. The molecule has 0 spiro atoms. The second kappa shape index (κ2) is 6.75. The van der Waals surface area contributed by atoms with Gasteiger partial charge in [0.25, 0.3) is 0 Å². The number of benzene rings is 2. The van der Waals surface area contributed by atoms with Crippen LogP contribution in [0.2, 0.25) is 5.02 Å². The van der Waals surface area contributed by atoms with E-state index >= 15 is 0 Å². The number of nitrogens with one attached hydrogen (secondary N) is 1. The molecule has 2 aromatic carbocycles. The summed E-state index contributed by atoms with van der Waals surface area (Å²) in [4.78, 5) is 0. The number of halogens is 1. The highest BCUT2D eigenvalue weighted by atomic mass is 35.5. The first-order chi connectivity index (χ1) is 11.2. The number of hydrogen-bond donors (Lipinski definition) is 1. The highest BCUT2D eigenvalue weighted by molar-refractivity contribution is 6.32. The average Bonchev–Trinajstić information content (AvgIpc) is 2.93. The van der Waals surface area contributed by atoms with E-state index in [1.165, 1.54) is 10.9 Å². The Kier molecular flexibility index (Phi) is 4.53. The summed E-state index contributed by atoms with van der Waals surface area (Å²) in [6.45, 7) is 3.06. The third-order valence-corrected chi connectivity index (χ3v) is 4.00. The number of anilines is 1. The summed E-state index contributed by atoms with van der Waals surface area (Å²) >= 11 is 6.11. The van der Waals surface area contributed by atoms with Gasteiger partial charge in [0, 0.05) is 29.2 Å². The molecular weight excluding hydrogens is 310 g/mol. The lowest BCUT2D eigenvalue weighted by molar-refractivity contribution is 0.415. The summed E-state index contributed by atoms with van der Waals surface area (Å²) < 4.78 is 7.35. The first-order valence-corrected chi connectivity index (χ1v) is 7.81. The van der Waals surface area contributed by atoms with Crippen LogP contribution in [0.3, 0.4) is 0 Å².